The molecule has 10 heteroatoms. The van der Waals surface area contributed by atoms with Gasteiger partial charge in [-0.1, -0.05) is 17.2 Å². The summed E-state index contributed by atoms with van der Waals surface area (Å²) in [6, 6.07) is 0. The number of fused-ring (bicyclic) bond motifs is 2. The third-order valence-corrected chi connectivity index (χ3v) is 6.17. The van der Waals surface area contributed by atoms with E-state index in [-0.39, 0.29) is 17.3 Å². The zero-order valence-electron chi connectivity index (χ0n) is 17.5. The average Bonchev–Trinajstić information content (AvgIpc) is 3.11. The van der Waals surface area contributed by atoms with Crippen LogP contribution in [0.5, 0.6) is 0 Å². The number of aromatic nitrogens is 5. The predicted molar refractivity (Wildman–Crippen MR) is 119 cm³/mol. The van der Waals surface area contributed by atoms with Gasteiger partial charge in [-0.2, -0.15) is 5.10 Å². The number of nitrogens with one attached hydrogen (secondary N) is 2. The Morgan fingerprint density at radius 2 is 2.03 bits per heavy atom. The summed E-state index contributed by atoms with van der Waals surface area (Å²) >= 11 is 6.50. The van der Waals surface area contributed by atoms with Crippen LogP contribution in [0, 0.1) is 11.7 Å². The molecule has 3 heterocycles. The van der Waals surface area contributed by atoms with Gasteiger partial charge in [0.2, 0.25) is 5.91 Å². The SMILES string of the molecule is CC(C)=C(C)c1c(F)c(Cl)c(-c2cn3cc(NC(=O)C4CC4F)nc3cn2)c2cn[nH]c12. The van der Waals surface area contributed by atoms with E-state index in [2.05, 4.69) is 25.5 Å². The molecule has 0 spiro atoms. The van der Waals surface area contributed by atoms with Crippen LogP contribution >= 0.6 is 11.6 Å². The number of hydrogen-bond acceptors (Lipinski definition) is 4. The Kier molecular flexibility index (Phi) is 4.74. The number of anilines is 1. The molecule has 1 fully saturated rings. The first-order chi connectivity index (χ1) is 15.3. The van der Waals surface area contributed by atoms with Crippen LogP contribution in [0.4, 0.5) is 14.6 Å². The van der Waals surface area contributed by atoms with Crippen molar-refractivity contribution in [1.29, 1.82) is 0 Å². The maximum absolute atomic E-state index is 15.4. The number of halogens is 3. The zero-order chi connectivity index (χ0) is 22.7. The quantitative estimate of drug-likeness (QED) is 0.443. The van der Waals surface area contributed by atoms with Crippen LogP contribution < -0.4 is 5.32 Å². The van der Waals surface area contributed by atoms with E-state index in [0.717, 1.165) is 11.1 Å². The second-order valence-electron chi connectivity index (χ2n) is 8.17. The summed E-state index contributed by atoms with van der Waals surface area (Å²) in [5.41, 5.74) is 3.93. The number of benzene rings is 1. The van der Waals surface area contributed by atoms with Crippen molar-refractivity contribution in [2.75, 3.05) is 5.32 Å². The number of aromatic amines is 1. The molecule has 2 atom stereocenters. The first-order valence-corrected chi connectivity index (χ1v) is 10.4. The van der Waals surface area contributed by atoms with Crippen molar-refractivity contribution in [3.05, 3.63) is 46.8 Å². The van der Waals surface area contributed by atoms with E-state index >= 15 is 4.39 Å². The van der Waals surface area contributed by atoms with Crippen LogP contribution in [0.2, 0.25) is 5.02 Å². The van der Waals surface area contributed by atoms with Gasteiger partial charge in [-0.15, -0.1) is 0 Å². The molecule has 0 aliphatic heterocycles. The molecule has 0 bridgehead atoms. The van der Waals surface area contributed by atoms with Gasteiger partial charge in [-0.05, 0) is 32.8 Å². The highest BCUT2D eigenvalue weighted by atomic mass is 35.5. The molecule has 5 rings (SSSR count). The summed E-state index contributed by atoms with van der Waals surface area (Å²) in [6.45, 7) is 5.64. The predicted octanol–water partition coefficient (Wildman–Crippen LogP) is 5.17. The van der Waals surface area contributed by atoms with Crippen molar-refractivity contribution >= 4 is 45.4 Å². The number of rotatable bonds is 4. The zero-order valence-corrected chi connectivity index (χ0v) is 18.3. The minimum atomic E-state index is -1.09. The summed E-state index contributed by atoms with van der Waals surface area (Å²) in [5.74, 6) is -1.28. The largest absolute Gasteiger partial charge is 0.309 e. The Balaban J connectivity index is 1.61. The maximum atomic E-state index is 15.4. The number of imidazole rings is 1. The van der Waals surface area contributed by atoms with E-state index in [4.69, 9.17) is 11.6 Å². The topological polar surface area (TPSA) is 88.0 Å². The number of H-pyrrole nitrogens is 1. The number of allylic oxidation sites excluding steroid dienone is 2. The Labute approximate surface area is 186 Å². The van der Waals surface area contributed by atoms with Gasteiger partial charge >= 0.3 is 0 Å². The molecule has 164 valence electrons. The molecule has 1 aliphatic rings. The fraction of sp³-hybridized carbons (Fsp3) is 0.273. The number of carbonyl (C=O) groups is 1. The molecular formula is C22H19ClF2N6O. The normalized spacial score (nSPS) is 17.7. The summed E-state index contributed by atoms with van der Waals surface area (Å²) < 4.78 is 30.2. The lowest BCUT2D eigenvalue weighted by Crippen LogP contribution is -2.15. The van der Waals surface area contributed by atoms with Gasteiger partial charge in [0, 0.05) is 22.7 Å². The molecule has 1 amide bonds. The van der Waals surface area contributed by atoms with E-state index in [1.165, 1.54) is 6.20 Å². The summed E-state index contributed by atoms with van der Waals surface area (Å²) in [6.07, 6.45) is 5.47. The van der Waals surface area contributed by atoms with Crippen molar-refractivity contribution in [3.63, 3.8) is 0 Å². The van der Waals surface area contributed by atoms with Gasteiger partial charge < -0.3 is 9.72 Å². The molecule has 2 N–H and O–H groups in total. The molecule has 32 heavy (non-hydrogen) atoms. The highest BCUT2D eigenvalue weighted by molar-refractivity contribution is 6.35. The van der Waals surface area contributed by atoms with Crippen LogP contribution in [0.1, 0.15) is 32.8 Å². The molecule has 0 radical (unpaired) electrons. The molecule has 2 unspecified atom stereocenters. The second-order valence-corrected chi connectivity index (χ2v) is 8.55. The van der Waals surface area contributed by atoms with Gasteiger partial charge in [0.05, 0.1) is 40.7 Å². The third kappa shape index (κ3) is 3.24. The van der Waals surface area contributed by atoms with Crippen molar-refractivity contribution in [3.8, 4) is 11.3 Å². The van der Waals surface area contributed by atoms with Crippen molar-refractivity contribution in [2.45, 2.75) is 33.4 Å². The minimum Gasteiger partial charge on any atom is -0.309 e. The molecule has 1 aliphatic carbocycles. The lowest BCUT2D eigenvalue weighted by Gasteiger charge is -2.13. The monoisotopic (exact) mass is 456 g/mol. The summed E-state index contributed by atoms with van der Waals surface area (Å²) in [4.78, 5) is 20.7. The molecule has 4 aromatic rings. The third-order valence-electron chi connectivity index (χ3n) is 5.81. The van der Waals surface area contributed by atoms with Crippen LogP contribution in [-0.2, 0) is 4.79 Å². The lowest BCUT2D eigenvalue weighted by molar-refractivity contribution is -0.117. The van der Waals surface area contributed by atoms with Crippen LogP contribution in [0.3, 0.4) is 0 Å². The second kappa shape index (κ2) is 7.37. The Bertz CT molecular complexity index is 1440. The van der Waals surface area contributed by atoms with Crippen molar-refractivity contribution in [1.82, 2.24) is 24.6 Å². The maximum Gasteiger partial charge on any atom is 0.231 e. The van der Waals surface area contributed by atoms with Crippen LogP contribution in [0.15, 0.2) is 30.4 Å². The van der Waals surface area contributed by atoms with Gasteiger partial charge in [0.15, 0.2) is 17.3 Å². The summed E-state index contributed by atoms with van der Waals surface area (Å²) in [7, 11) is 0. The number of carbonyl (C=O) groups excluding carboxylic acids is 1. The number of hydrogen-bond donors (Lipinski definition) is 2. The fourth-order valence-corrected chi connectivity index (χ4v) is 4.00. The van der Waals surface area contributed by atoms with Crippen molar-refractivity contribution in [2.24, 2.45) is 5.92 Å². The van der Waals surface area contributed by atoms with Crippen molar-refractivity contribution < 1.29 is 13.6 Å². The Hall–Kier alpha value is -3.33. The molecule has 1 saturated carbocycles. The number of amides is 1. The van der Waals surface area contributed by atoms with E-state index < -0.39 is 23.8 Å². The van der Waals surface area contributed by atoms with Crippen LogP contribution in [-0.4, -0.2) is 36.6 Å². The minimum absolute atomic E-state index is 0.0577. The van der Waals surface area contributed by atoms with Gasteiger partial charge in [-0.25, -0.2) is 13.8 Å². The van der Waals surface area contributed by atoms with Crippen LogP contribution in [0.25, 0.3) is 33.4 Å². The molecule has 1 aromatic carbocycles. The smallest absolute Gasteiger partial charge is 0.231 e. The molecule has 7 nitrogen and oxygen atoms in total. The summed E-state index contributed by atoms with van der Waals surface area (Å²) in [5, 5.41) is 10.2. The van der Waals surface area contributed by atoms with E-state index in [1.807, 2.05) is 20.8 Å². The molecule has 3 aromatic heterocycles. The van der Waals surface area contributed by atoms with Gasteiger partial charge in [-0.3, -0.25) is 14.9 Å². The average molecular weight is 457 g/mol. The first kappa shape index (κ1) is 20.6. The molecular weight excluding hydrogens is 438 g/mol. The number of alkyl halides is 1. The van der Waals surface area contributed by atoms with E-state index in [1.54, 1.807) is 23.0 Å². The first-order valence-electron chi connectivity index (χ1n) is 10.0. The van der Waals surface area contributed by atoms with Gasteiger partial charge in [0.25, 0.3) is 0 Å². The Morgan fingerprint density at radius 1 is 1.28 bits per heavy atom. The van der Waals surface area contributed by atoms with E-state index in [0.29, 0.717) is 33.4 Å². The number of nitrogens with zero attached hydrogens (tertiary/aromatic N) is 4. The molecule has 0 saturated heterocycles. The standard InChI is InChI=1S/C22H19ClF2N6O/c1-9(2)10(3)17-20(25)19(23)18(12-5-27-30-21(12)17)14-7-31-8-15(28-16(31)6-26-14)29-22(32)11-4-13(11)24/h5-8,11,13H,4H2,1-3H3,(H,27,30)(H,29,32). The Morgan fingerprint density at radius 3 is 2.72 bits per heavy atom. The van der Waals surface area contributed by atoms with E-state index in [9.17, 15) is 9.18 Å². The highest BCUT2D eigenvalue weighted by Crippen LogP contribution is 2.41. The lowest BCUT2D eigenvalue weighted by atomic mass is 9.96. The van der Waals surface area contributed by atoms with Gasteiger partial charge in [0.1, 0.15) is 6.17 Å². The highest BCUT2D eigenvalue weighted by Gasteiger charge is 2.43. The fourth-order valence-electron chi connectivity index (χ4n) is 3.71.